The first kappa shape index (κ1) is 26.8. The Morgan fingerprint density at radius 2 is 1.80 bits per heavy atom. The number of fused-ring (bicyclic) bond motifs is 5. The van der Waals surface area contributed by atoms with E-state index in [0.717, 1.165) is 33.4 Å². The molecule has 0 spiro atoms. The van der Waals surface area contributed by atoms with Crippen LogP contribution >= 0.6 is 0 Å². The summed E-state index contributed by atoms with van der Waals surface area (Å²) in [5.41, 5.74) is 2.57. The zero-order chi connectivity index (χ0) is 28.9. The molecule has 4 aromatic rings. The normalized spacial score (nSPS) is 20.8. The second kappa shape index (κ2) is 10.2. The Kier molecular flexibility index (Phi) is 6.69. The van der Waals surface area contributed by atoms with E-state index < -0.39 is 22.7 Å². The lowest BCUT2D eigenvalue weighted by Crippen LogP contribution is -2.99. The summed E-state index contributed by atoms with van der Waals surface area (Å²) in [4.78, 5) is 34.4. The number of rotatable bonds is 8. The summed E-state index contributed by atoms with van der Waals surface area (Å²) in [6.45, 7) is 7.05. The van der Waals surface area contributed by atoms with E-state index in [0.29, 0.717) is 36.1 Å². The zero-order valence-electron chi connectivity index (χ0n) is 23.1. The SMILES string of the molecule is CCCOc1ccc(C2CN3C(=O)N(c4ccc([NH+]([O-])O)cc4)C(=O)[C@]3(C)c3[nH]c4ccccc4c32)cc1OCC. The number of nitrogens with zero attached hydrogens (tertiary/aromatic N) is 2. The Morgan fingerprint density at radius 3 is 2.51 bits per heavy atom. The predicted molar refractivity (Wildman–Crippen MR) is 153 cm³/mol. The van der Waals surface area contributed by atoms with Gasteiger partial charge in [0.05, 0.1) is 24.6 Å². The molecule has 0 bridgehead atoms. The van der Waals surface area contributed by atoms with Gasteiger partial charge in [-0.3, -0.25) is 4.79 Å². The molecule has 41 heavy (non-hydrogen) atoms. The van der Waals surface area contributed by atoms with Crippen molar-refractivity contribution in [1.29, 1.82) is 0 Å². The number of benzene rings is 3. The van der Waals surface area contributed by atoms with E-state index in [4.69, 9.17) is 9.47 Å². The van der Waals surface area contributed by atoms with Crippen molar-refractivity contribution in [2.75, 3.05) is 24.7 Å². The fourth-order valence-corrected chi connectivity index (χ4v) is 6.01. The Hall–Kier alpha value is -4.38. The number of para-hydroxylation sites is 1. The molecule has 3 heterocycles. The van der Waals surface area contributed by atoms with E-state index in [2.05, 4.69) is 4.98 Å². The summed E-state index contributed by atoms with van der Waals surface area (Å²) >= 11 is 0. The number of H-pyrrole nitrogens is 1. The number of nitrogens with one attached hydrogen (secondary N) is 2. The average Bonchev–Trinajstić information content (AvgIpc) is 3.46. The first-order chi connectivity index (χ1) is 19.8. The lowest BCUT2D eigenvalue weighted by molar-refractivity contribution is -0.991. The third-order valence-electron chi connectivity index (χ3n) is 8.03. The summed E-state index contributed by atoms with van der Waals surface area (Å²) < 4.78 is 11.9. The number of hydrogen-bond donors (Lipinski definition) is 3. The maximum atomic E-state index is 14.1. The van der Waals surface area contributed by atoms with Crippen molar-refractivity contribution >= 4 is 34.2 Å². The van der Waals surface area contributed by atoms with Crippen molar-refractivity contribution in [1.82, 2.24) is 9.88 Å². The van der Waals surface area contributed by atoms with Gasteiger partial charge in [-0.1, -0.05) is 31.2 Å². The lowest BCUT2D eigenvalue weighted by atomic mass is 9.78. The predicted octanol–water partition coefficient (Wildman–Crippen LogP) is 4.59. The third-order valence-corrected chi connectivity index (χ3v) is 8.03. The Bertz CT molecular complexity index is 1630. The fourth-order valence-electron chi connectivity index (χ4n) is 6.01. The van der Waals surface area contributed by atoms with Crippen molar-refractivity contribution in [3.05, 3.63) is 88.8 Å². The largest absolute Gasteiger partial charge is 0.595 e. The number of hydrogen-bond acceptors (Lipinski definition) is 6. The molecule has 1 fully saturated rings. The van der Waals surface area contributed by atoms with Gasteiger partial charge in [0.2, 0.25) is 0 Å². The minimum absolute atomic E-state index is 0.0752. The van der Waals surface area contributed by atoms with Gasteiger partial charge in [-0.05, 0) is 61.7 Å². The van der Waals surface area contributed by atoms with Crippen LogP contribution in [0.3, 0.4) is 0 Å². The highest BCUT2D eigenvalue weighted by atomic mass is 16.8. The Balaban J connectivity index is 1.49. The van der Waals surface area contributed by atoms with Crippen LogP contribution in [0.25, 0.3) is 10.9 Å². The number of quaternary nitrogens is 1. The highest BCUT2D eigenvalue weighted by Gasteiger charge is 2.60. The molecule has 10 heteroatoms. The van der Waals surface area contributed by atoms with Gasteiger partial charge in [0, 0.05) is 35.5 Å². The van der Waals surface area contributed by atoms with Gasteiger partial charge in [0.15, 0.2) is 22.7 Å². The molecule has 0 radical (unpaired) electrons. The monoisotopic (exact) mass is 556 g/mol. The van der Waals surface area contributed by atoms with Gasteiger partial charge < -0.3 is 24.6 Å². The van der Waals surface area contributed by atoms with Crippen molar-refractivity contribution in [3.8, 4) is 11.5 Å². The molecule has 6 rings (SSSR count). The molecule has 2 aliphatic rings. The molecule has 10 nitrogen and oxygen atoms in total. The number of urea groups is 1. The van der Waals surface area contributed by atoms with Crippen molar-refractivity contribution in [2.45, 2.75) is 38.6 Å². The van der Waals surface area contributed by atoms with E-state index >= 15 is 0 Å². The standard InChI is InChI=1S/C31H32N4O6/c1-4-16-41-25-15-10-19(17-26(25)40-5-2)23-18-33-30(37)34(20-11-13-21(14-12-20)35(38)39)29(36)31(33,3)28-27(23)22-8-6-7-9-24(22)32-28/h6-15,17,23,32,35,38H,4-5,16,18H2,1-3H3/t23?,31-/m0/s1. The van der Waals surface area contributed by atoms with Crippen LogP contribution in [0.4, 0.5) is 16.2 Å². The fraction of sp³-hybridized carbons (Fsp3) is 0.290. The molecule has 0 saturated carbocycles. The summed E-state index contributed by atoms with van der Waals surface area (Å²) in [7, 11) is 0. The van der Waals surface area contributed by atoms with E-state index in [1.165, 1.54) is 24.3 Å². The van der Waals surface area contributed by atoms with Gasteiger partial charge in [-0.15, -0.1) is 0 Å². The van der Waals surface area contributed by atoms with E-state index in [-0.39, 0.29) is 18.2 Å². The van der Waals surface area contributed by atoms with E-state index in [9.17, 15) is 20.0 Å². The molecule has 3 N–H and O–H groups in total. The topological polar surface area (TPSA) is 123 Å². The van der Waals surface area contributed by atoms with Crippen molar-refractivity contribution < 1.29 is 29.5 Å². The molecule has 3 aromatic carbocycles. The van der Waals surface area contributed by atoms with Crippen molar-refractivity contribution in [3.63, 3.8) is 0 Å². The average molecular weight is 557 g/mol. The minimum Gasteiger partial charge on any atom is -0.595 e. The number of anilines is 1. The maximum Gasteiger partial charge on any atom is 0.332 e. The van der Waals surface area contributed by atoms with Crippen molar-refractivity contribution in [2.24, 2.45) is 0 Å². The highest BCUT2D eigenvalue weighted by molar-refractivity contribution is 6.23. The Morgan fingerprint density at radius 1 is 1.05 bits per heavy atom. The number of carbonyl (C=O) groups is 2. The van der Waals surface area contributed by atoms with Crippen LogP contribution in [0.15, 0.2) is 66.7 Å². The maximum absolute atomic E-state index is 14.1. The molecule has 3 atom stereocenters. The molecule has 2 aliphatic heterocycles. The van der Waals surface area contributed by atoms with Crippen LogP contribution in [0, 0.1) is 5.21 Å². The van der Waals surface area contributed by atoms with Gasteiger partial charge in [0.25, 0.3) is 5.91 Å². The van der Waals surface area contributed by atoms with Crippen LogP contribution in [-0.4, -0.2) is 46.8 Å². The number of aromatic nitrogens is 1. The molecule has 0 aliphatic carbocycles. The lowest BCUT2D eigenvalue weighted by Gasteiger charge is -2.40. The Labute approximate surface area is 237 Å². The molecule has 1 aromatic heterocycles. The number of aromatic amines is 1. The first-order valence-corrected chi connectivity index (χ1v) is 13.8. The molecule has 2 unspecified atom stereocenters. The molecule has 3 amide bonds. The smallest absolute Gasteiger partial charge is 0.332 e. The van der Waals surface area contributed by atoms with Crippen LogP contribution < -0.4 is 19.6 Å². The molecular weight excluding hydrogens is 524 g/mol. The second-order valence-corrected chi connectivity index (χ2v) is 10.5. The summed E-state index contributed by atoms with van der Waals surface area (Å²) in [6.07, 6.45) is 0.869. The summed E-state index contributed by atoms with van der Waals surface area (Å²) in [6, 6.07) is 19.1. The van der Waals surface area contributed by atoms with Gasteiger partial charge in [-0.25, -0.2) is 14.9 Å². The van der Waals surface area contributed by atoms with Gasteiger partial charge in [0.1, 0.15) is 0 Å². The number of ether oxygens (including phenoxy) is 2. The molecular formula is C31H32N4O6. The summed E-state index contributed by atoms with van der Waals surface area (Å²) in [5, 5.41) is 20.6. The molecule has 1 saturated heterocycles. The third kappa shape index (κ3) is 4.14. The molecule has 212 valence electrons. The zero-order valence-corrected chi connectivity index (χ0v) is 23.1. The summed E-state index contributed by atoms with van der Waals surface area (Å²) in [5.74, 6) is 0.660. The van der Waals surface area contributed by atoms with Gasteiger partial charge >= 0.3 is 6.03 Å². The first-order valence-electron chi connectivity index (χ1n) is 13.8. The number of carbonyl (C=O) groups excluding carboxylic acids is 2. The van der Waals surface area contributed by atoms with Gasteiger partial charge in [-0.2, -0.15) is 5.23 Å². The van der Waals surface area contributed by atoms with E-state index in [1.807, 2.05) is 56.3 Å². The highest BCUT2D eigenvalue weighted by Crippen LogP contribution is 2.51. The van der Waals surface area contributed by atoms with Crippen LogP contribution in [-0.2, 0) is 10.3 Å². The van der Waals surface area contributed by atoms with Crippen LogP contribution in [0.5, 0.6) is 11.5 Å². The quantitative estimate of drug-likeness (QED) is 0.216. The minimum atomic E-state index is -1.28. The number of imide groups is 1. The van der Waals surface area contributed by atoms with Crippen LogP contribution in [0.2, 0.25) is 0 Å². The second-order valence-electron chi connectivity index (χ2n) is 10.5. The van der Waals surface area contributed by atoms with E-state index in [1.54, 1.807) is 11.8 Å². The number of amides is 3. The van der Waals surface area contributed by atoms with Crippen LogP contribution in [0.1, 0.15) is 49.9 Å².